The van der Waals surface area contributed by atoms with Crippen LogP contribution >= 0.6 is 11.8 Å². The summed E-state index contributed by atoms with van der Waals surface area (Å²) >= 11 is 1.30. The van der Waals surface area contributed by atoms with Crippen LogP contribution in [0.4, 0.5) is 0 Å². The monoisotopic (exact) mass is 417 g/mol. The fourth-order valence-electron chi connectivity index (χ4n) is 4.46. The van der Waals surface area contributed by atoms with E-state index in [9.17, 15) is 4.79 Å². The lowest BCUT2D eigenvalue weighted by atomic mass is 9.78. The average Bonchev–Trinajstić information content (AvgIpc) is 3.25. The SMILES string of the molecule is COc1cc(OC)cc(-c2nnc(SCC(=O)N3CCC[C@@H]4CCCC[C@H]43)o2)c1. The number of nitrogens with zero attached hydrogens (tertiary/aromatic N) is 3. The molecule has 1 aromatic carbocycles. The number of aromatic nitrogens is 2. The van der Waals surface area contributed by atoms with Gasteiger partial charge in [-0.3, -0.25) is 4.79 Å². The fourth-order valence-corrected chi connectivity index (χ4v) is 5.11. The molecular formula is C21H27N3O4S. The van der Waals surface area contributed by atoms with Gasteiger partial charge in [-0.2, -0.15) is 0 Å². The Morgan fingerprint density at radius 2 is 1.83 bits per heavy atom. The van der Waals surface area contributed by atoms with Gasteiger partial charge in [0.2, 0.25) is 11.8 Å². The molecule has 0 bridgehead atoms. The molecule has 2 heterocycles. The van der Waals surface area contributed by atoms with Crippen molar-refractivity contribution in [2.24, 2.45) is 5.92 Å². The molecule has 0 unspecified atom stereocenters. The van der Waals surface area contributed by atoms with E-state index < -0.39 is 0 Å². The molecule has 1 saturated heterocycles. The number of fused-ring (bicyclic) bond motifs is 1. The Morgan fingerprint density at radius 1 is 1.10 bits per heavy atom. The first kappa shape index (κ1) is 20.1. The second-order valence-corrected chi connectivity index (χ2v) is 8.53. The highest BCUT2D eigenvalue weighted by Crippen LogP contribution is 2.36. The summed E-state index contributed by atoms with van der Waals surface area (Å²) in [4.78, 5) is 15.0. The van der Waals surface area contributed by atoms with Gasteiger partial charge in [-0.15, -0.1) is 10.2 Å². The van der Waals surface area contributed by atoms with E-state index in [1.54, 1.807) is 20.3 Å². The lowest BCUT2D eigenvalue weighted by molar-refractivity contribution is -0.134. The molecule has 0 N–H and O–H groups in total. The van der Waals surface area contributed by atoms with Crippen molar-refractivity contribution in [1.82, 2.24) is 15.1 Å². The van der Waals surface area contributed by atoms with E-state index in [0.29, 0.717) is 45.9 Å². The van der Waals surface area contributed by atoms with E-state index >= 15 is 0 Å². The molecule has 1 saturated carbocycles. The number of thioether (sulfide) groups is 1. The highest BCUT2D eigenvalue weighted by Gasteiger charge is 2.35. The molecule has 2 atom stereocenters. The smallest absolute Gasteiger partial charge is 0.277 e. The Kier molecular flexibility index (Phi) is 6.28. The Hall–Kier alpha value is -2.22. The highest BCUT2D eigenvalue weighted by molar-refractivity contribution is 7.99. The van der Waals surface area contributed by atoms with Crippen molar-refractivity contribution in [2.75, 3.05) is 26.5 Å². The van der Waals surface area contributed by atoms with Gasteiger partial charge in [-0.05, 0) is 43.7 Å². The number of hydrogen-bond donors (Lipinski definition) is 0. The van der Waals surface area contributed by atoms with Crippen LogP contribution in [0.25, 0.3) is 11.5 Å². The van der Waals surface area contributed by atoms with Crippen LogP contribution in [-0.2, 0) is 4.79 Å². The predicted octanol–water partition coefficient (Wildman–Crippen LogP) is 4.03. The van der Waals surface area contributed by atoms with E-state index in [0.717, 1.165) is 19.4 Å². The molecule has 1 aromatic heterocycles. The first-order valence-corrected chi connectivity index (χ1v) is 11.2. The number of piperidine rings is 1. The number of ether oxygens (including phenoxy) is 2. The molecule has 0 spiro atoms. The van der Waals surface area contributed by atoms with Gasteiger partial charge < -0.3 is 18.8 Å². The van der Waals surface area contributed by atoms with Crippen LogP contribution in [0, 0.1) is 5.92 Å². The topological polar surface area (TPSA) is 77.7 Å². The van der Waals surface area contributed by atoms with Gasteiger partial charge >= 0.3 is 0 Å². The van der Waals surface area contributed by atoms with Crippen LogP contribution in [-0.4, -0.2) is 53.6 Å². The molecule has 2 fully saturated rings. The Bertz CT molecular complexity index is 832. The average molecular weight is 418 g/mol. The number of likely N-dealkylation sites (tertiary alicyclic amines) is 1. The first-order valence-electron chi connectivity index (χ1n) is 10.2. The van der Waals surface area contributed by atoms with Gasteiger partial charge in [0.05, 0.1) is 20.0 Å². The van der Waals surface area contributed by atoms with Crippen LogP contribution in [0.2, 0.25) is 0 Å². The Balaban J connectivity index is 1.40. The zero-order chi connectivity index (χ0) is 20.2. The summed E-state index contributed by atoms with van der Waals surface area (Å²) < 4.78 is 16.4. The minimum absolute atomic E-state index is 0.175. The third-order valence-corrected chi connectivity index (χ3v) is 6.69. The van der Waals surface area contributed by atoms with E-state index in [-0.39, 0.29) is 5.91 Å². The molecule has 29 heavy (non-hydrogen) atoms. The highest BCUT2D eigenvalue weighted by atomic mass is 32.2. The lowest BCUT2D eigenvalue weighted by Crippen LogP contribution is -2.50. The summed E-state index contributed by atoms with van der Waals surface area (Å²) in [6, 6.07) is 5.83. The molecule has 1 aliphatic carbocycles. The summed E-state index contributed by atoms with van der Waals surface area (Å²) in [5.74, 6) is 2.86. The molecule has 8 heteroatoms. The number of carbonyl (C=O) groups is 1. The molecule has 1 aliphatic heterocycles. The largest absolute Gasteiger partial charge is 0.497 e. The van der Waals surface area contributed by atoms with E-state index in [2.05, 4.69) is 15.1 Å². The number of benzene rings is 1. The zero-order valence-corrected chi connectivity index (χ0v) is 17.7. The van der Waals surface area contributed by atoms with E-state index in [1.165, 1.54) is 37.4 Å². The maximum atomic E-state index is 12.9. The van der Waals surface area contributed by atoms with E-state index in [1.807, 2.05) is 12.1 Å². The second kappa shape index (κ2) is 9.07. The molecule has 2 aromatic rings. The summed E-state index contributed by atoms with van der Waals surface area (Å²) in [7, 11) is 3.19. The maximum Gasteiger partial charge on any atom is 0.277 e. The predicted molar refractivity (Wildman–Crippen MR) is 110 cm³/mol. The zero-order valence-electron chi connectivity index (χ0n) is 16.9. The van der Waals surface area contributed by atoms with Crippen molar-refractivity contribution in [2.45, 2.75) is 49.8 Å². The molecular weight excluding hydrogens is 390 g/mol. The fraction of sp³-hybridized carbons (Fsp3) is 0.571. The summed E-state index contributed by atoms with van der Waals surface area (Å²) in [6.45, 7) is 0.874. The van der Waals surface area contributed by atoms with Crippen molar-refractivity contribution in [1.29, 1.82) is 0 Å². The summed E-state index contributed by atoms with van der Waals surface area (Å²) in [5, 5.41) is 8.61. The van der Waals surface area contributed by atoms with Crippen LogP contribution in [0.3, 0.4) is 0 Å². The number of hydrogen-bond acceptors (Lipinski definition) is 7. The molecule has 1 amide bonds. The van der Waals surface area contributed by atoms with Crippen molar-refractivity contribution in [3.8, 4) is 23.0 Å². The van der Waals surface area contributed by atoms with Crippen molar-refractivity contribution >= 4 is 17.7 Å². The first-order chi connectivity index (χ1) is 14.2. The third-order valence-electron chi connectivity index (χ3n) is 5.89. The van der Waals surface area contributed by atoms with Crippen molar-refractivity contribution in [3.05, 3.63) is 18.2 Å². The van der Waals surface area contributed by atoms with Crippen LogP contribution in [0.15, 0.2) is 27.8 Å². The van der Waals surface area contributed by atoms with Gasteiger partial charge in [0.15, 0.2) is 0 Å². The van der Waals surface area contributed by atoms with Gasteiger partial charge in [-0.25, -0.2) is 0 Å². The molecule has 2 aliphatic rings. The van der Waals surface area contributed by atoms with Crippen LogP contribution < -0.4 is 9.47 Å². The lowest BCUT2D eigenvalue weighted by Gasteiger charge is -2.44. The van der Waals surface area contributed by atoms with Crippen LogP contribution in [0.1, 0.15) is 38.5 Å². The Morgan fingerprint density at radius 3 is 2.59 bits per heavy atom. The Labute approximate surface area is 175 Å². The minimum atomic E-state index is 0.175. The number of amides is 1. The van der Waals surface area contributed by atoms with Gasteiger partial charge in [0.25, 0.3) is 5.22 Å². The second-order valence-electron chi connectivity index (χ2n) is 7.60. The standard InChI is InChI=1S/C21H27N3O4S/c1-26-16-10-15(11-17(12-16)27-2)20-22-23-21(28-20)29-13-19(25)24-9-5-7-14-6-3-4-8-18(14)24/h10-12,14,18H,3-9,13H2,1-2H3/t14-,18+/m0/s1. The number of methoxy groups -OCH3 is 2. The van der Waals surface area contributed by atoms with Gasteiger partial charge in [0.1, 0.15) is 11.5 Å². The molecule has 7 nitrogen and oxygen atoms in total. The van der Waals surface area contributed by atoms with E-state index in [4.69, 9.17) is 13.9 Å². The van der Waals surface area contributed by atoms with Crippen LogP contribution in [0.5, 0.6) is 11.5 Å². The normalized spacial score (nSPS) is 21.5. The third kappa shape index (κ3) is 4.52. The van der Waals surface area contributed by atoms with Gasteiger partial charge in [0, 0.05) is 24.2 Å². The summed E-state index contributed by atoms with van der Waals surface area (Å²) in [5.41, 5.74) is 0.716. The minimum Gasteiger partial charge on any atom is -0.497 e. The van der Waals surface area contributed by atoms with Gasteiger partial charge in [-0.1, -0.05) is 24.6 Å². The molecule has 4 rings (SSSR count). The van der Waals surface area contributed by atoms with Crippen molar-refractivity contribution in [3.63, 3.8) is 0 Å². The quantitative estimate of drug-likeness (QED) is 0.657. The number of carbonyl (C=O) groups excluding carboxylic acids is 1. The molecule has 156 valence electrons. The molecule has 0 radical (unpaired) electrons. The number of rotatable bonds is 6. The van der Waals surface area contributed by atoms with Crippen molar-refractivity contribution < 1.29 is 18.7 Å². The summed E-state index contributed by atoms with van der Waals surface area (Å²) in [6.07, 6.45) is 7.31. The maximum absolute atomic E-state index is 12.9.